The Balaban J connectivity index is 2.64. The molecule has 0 aromatic heterocycles. The van der Waals surface area contributed by atoms with Crippen molar-refractivity contribution < 1.29 is 0 Å². The van der Waals surface area contributed by atoms with Crippen molar-refractivity contribution in [1.29, 1.82) is 5.26 Å². The maximum atomic E-state index is 9.09. The molecule has 4 heteroatoms. The fraction of sp³-hybridized carbons (Fsp3) is 0.556. The van der Waals surface area contributed by atoms with Crippen molar-refractivity contribution in [3.8, 4) is 5.40 Å². The van der Waals surface area contributed by atoms with Crippen LogP contribution in [0, 0.1) is 16.2 Å². The summed E-state index contributed by atoms with van der Waals surface area (Å²) in [6, 6.07) is 0. The van der Waals surface area contributed by atoms with Crippen LogP contribution in [0.2, 0.25) is 0 Å². The topological polar surface area (TPSA) is 48.5 Å². The predicted molar refractivity (Wildman–Crippen MR) is 59.1 cm³/mol. The minimum Gasteiger partial charge on any atom is -0.185 e. The van der Waals surface area contributed by atoms with Crippen molar-refractivity contribution in [2.75, 3.05) is 12.0 Å². The van der Waals surface area contributed by atoms with Gasteiger partial charge in [-0.3, -0.25) is 0 Å². The van der Waals surface area contributed by atoms with Crippen LogP contribution in [-0.4, -0.2) is 24.4 Å². The lowest BCUT2D eigenvalue weighted by atomic mass is 10.4. The number of aliphatic imine (C=N–C) groups is 2. The molecule has 3 nitrogen and oxygen atoms in total. The maximum absolute atomic E-state index is 9.09. The third kappa shape index (κ3) is 2.25. The Hall–Kier alpha value is -0.950. The van der Waals surface area contributed by atoms with E-state index in [1.54, 1.807) is 12.4 Å². The zero-order valence-electron chi connectivity index (χ0n) is 8.03. The molecule has 70 valence electrons. The van der Waals surface area contributed by atoms with Gasteiger partial charge in [0.05, 0.1) is 0 Å². The molecule has 1 heterocycles. The van der Waals surface area contributed by atoms with Gasteiger partial charge >= 0.3 is 0 Å². The predicted octanol–water partition coefficient (Wildman–Crippen LogP) is 2.30. The van der Waals surface area contributed by atoms with E-state index in [-0.39, 0.29) is 0 Å². The molecule has 1 aliphatic heterocycles. The lowest BCUT2D eigenvalue weighted by Crippen LogP contribution is -2.06. The number of unbranched alkanes of at least 4 members (excludes halogenated alkanes) is 1. The summed E-state index contributed by atoms with van der Waals surface area (Å²) < 4.78 is 0. The molecule has 0 N–H and O–H groups in total. The molecule has 0 spiro atoms. The second-order valence-electron chi connectivity index (χ2n) is 3.08. The van der Waals surface area contributed by atoms with Gasteiger partial charge in [0.15, 0.2) is 12.4 Å². The number of nitriles is 1. The summed E-state index contributed by atoms with van der Waals surface area (Å²) in [5, 5.41) is 11.5. The van der Waals surface area contributed by atoms with Crippen molar-refractivity contribution >= 4 is 22.5 Å². The molecule has 1 rings (SSSR count). The van der Waals surface area contributed by atoms with Gasteiger partial charge in [-0.15, -0.1) is 0 Å². The fourth-order valence-corrected chi connectivity index (χ4v) is 2.88. The van der Waals surface area contributed by atoms with E-state index < -0.39 is 10.0 Å². The van der Waals surface area contributed by atoms with Crippen LogP contribution in [0.1, 0.15) is 19.8 Å². The van der Waals surface area contributed by atoms with Crippen LogP contribution < -0.4 is 0 Å². The number of hydrogen-bond acceptors (Lipinski definition) is 3. The first kappa shape index (κ1) is 10.1. The van der Waals surface area contributed by atoms with Crippen LogP contribution in [-0.2, 0) is 0 Å². The van der Waals surface area contributed by atoms with E-state index in [9.17, 15) is 0 Å². The lowest BCUT2D eigenvalue weighted by molar-refractivity contribution is 0.891. The van der Waals surface area contributed by atoms with Crippen LogP contribution in [0.5, 0.6) is 0 Å². The summed E-state index contributed by atoms with van der Waals surface area (Å²) in [6.45, 7) is 2.13. The van der Waals surface area contributed by atoms with Gasteiger partial charge in [-0.1, -0.05) is 23.3 Å². The van der Waals surface area contributed by atoms with E-state index in [1.807, 2.05) is 6.26 Å². The van der Waals surface area contributed by atoms with Gasteiger partial charge in [-0.25, -0.2) is 0 Å². The van der Waals surface area contributed by atoms with Gasteiger partial charge in [0, 0.05) is 5.75 Å². The molecular weight excluding hydrogens is 182 g/mol. The highest BCUT2D eigenvalue weighted by Crippen LogP contribution is 2.55. The molecule has 1 atom stereocenters. The fourth-order valence-electron chi connectivity index (χ4n) is 1.07. The van der Waals surface area contributed by atoms with E-state index in [0.717, 1.165) is 24.1 Å². The number of rotatable bonds is 4. The molecule has 0 radical (unpaired) electrons. The van der Waals surface area contributed by atoms with Crippen molar-refractivity contribution in [2.24, 2.45) is 9.98 Å². The molecule has 0 aliphatic carbocycles. The molecule has 0 saturated heterocycles. The highest BCUT2D eigenvalue weighted by atomic mass is 32.3. The van der Waals surface area contributed by atoms with Crippen molar-refractivity contribution in [3.05, 3.63) is 5.50 Å². The summed E-state index contributed by atoms with van der Waals surface area (Å²) in [7, 11) is -1.39. The minimum atomic E-state index is -1.39. The first-order valence-electron chi connectivity index (χ1n) is 4.33. The van der Waals surface area contributed by atoms with E-state index in [4.69, 9.17) is 5.26 Å². The number of thiocyanates is 1. The summed E-state index contributed by atoms with van der Waals surface area (Å²) in [6.07, 6.45) is 7.49. The zero-order valence-corrected chi connectivity index (χ0v) is 8.84. The minimum absolute atomic E-state index is 0.739. The molecular formula is C9H14N3S+. The maximum Gasteiger partial charge on any atom is 0.292 e. The lowest BCUT2D eigenvalue weighted by Gasteiger charge is -2.23. The van der Waals surface area contributed by atoms with Crippen LogP contribution in [0.4, 0.5) is 0 Å². The largest absolute Gasteiger partial charge is 0.292 e. The Morgan fingerprint density at radius 3 is 2.54 bits per heavy atom. The van der Waals surface area contributed by atoms with Gasteiger partial charge in [-0.2, -0.15) is 5.26 Å². The van der Waals surface area contributed by atoms with Crippen LogP contribution >= 0.6 is 10.0 Å². The van der Waals surface area contributed by atoms with Crippen molar-refractivity contribution in [3.63, 3.8) is 0 Å². The Bertz CT molecular complexity index is 255. The molecule has 0 amide bonds. The third-order valence-electron chi connectivity index (χ3n) is 1.95. The number of nitrogens with zero attached hydrogens (tertiary/aromatic N) is 3. The second kappa shape index (κ2) is 4.33. The highest BCUT2D eigenvalue weighted by Gasteiger charge is 2.36. The summed E-state index contributed by atoms with van der Waals surface area (Å²) in [4.78, 5) is 8.23. The quantitative estimate of drug-likeness (QED) is 0.502. The number of hydrogen-bond donors (Lipinski definition) is 0. The van der Waals surface area contributed by atoms with Crippen molar-refractivity contribution in [1.82, 2.24) is 0 Å². The van der Waals surface area contributed by atoms with Crippen LogP contribution in [0.3, 0.4) is 0 Å². The van der Waals surface area contributed by atoms with Gasteiger partial charge in [0.25, 0.3) is 5.50 Å². The monoisotopic (exact) mass is 196 g/mol. The molecule has 0 bridgehead atoms. The summed E-state index contributed by atoms with van der Waals surface area (Å²) in [5.41, 5.74) is 0.739. The van der Waals surface area contributed by atoms with Crippen LogP contribution in [0.15, 0.2) is 9.98 Å². The van der Waals surface area contributed by atoms with E-state index in [0.29, 0.717) is 0 Å². The van der Waals surface area contributed by atoms with Gasteiger partial charge in [0.2, 0.25) is 0 Å². The van der Waals surface area contributed by atoms with Gasteiger partial charge < -0.3 is 0 Å². The standard InChI is InChI=1S/C9H14N3S/c1-3-4-7-13(2,8-10)9-11-5-6-12-9/h5-6H,3-4,7H2,1-2H3/q+1. The first-order valence-corrected chi connectivity index (χ1v) is 6.54. The molecule has 0 saturated carbocycles. The average molecular weight is 196 g/mol. The average Bonchev–Trinajstić information content (AvgIpc) is 2.67. The van der Waals surface area contributed by atoms with E-state index >= 15 is 0 Å². The zero-order chi connectivity index (χ0) is 9.73. The SMILES string of the molecule is CCCCS(C)(C#N)[C+]1N=CC=N1. The molecule has 13 heavy (non-hydrogen) atoms. The Morgan fingerprint density at radius 1 is 1.46 bits per heavy atom. The second-order valence-corrected chi connectivity index (χ2v) is 6.21. The summed E-state index contributed by atoms with van der Waals surface area (Å²) >= 11 is 0. The van der Waals surface area contributed by atoms with Crippen molar-refractivity contribution in [2.45, 2.75) is 19.8 Å². The molecule has 0 aromatic carbocycles. The molecule has 0 aromatic rings. The molecule has 1 unspecified atom stereocenters. The van der Waals surface area contributed by atoms with E-state index in [1.165, 1.54) is 0 Å². The first-order chi connectivity index (χ1) is 6.23. The smallest absolute Gasteiger partial charge is 0.185 e. The van der Waals surface area contributed by atoms with Crippen LogP contribution in [0.25, 0.3) is 0 Å². The summed E-state index contributed by atoms with van der Waals surface area (Å²) in [5.74, 6) is 0.921. The normalized spacial score (nSPS) is 21.2. The molecule has 1 aliphatic rings. The Labute approximate surface area is 80.9 Å². The van der Waals surface area contributed by atoms with E-state index in [2.05, 4.69) is 22.3 Å². The Kier molecular flexibility index (Phi) is 3.38. The van der Waals surface area contributed by atoms with Gasteiger partial charge in [-0.05, 0) is 22.7 Å². The highest BCUT2D eigenvalue weighted by molar-refractivity contribution is 8.39. The molecule has 0 fully saturated rings. The third-order valence-corrected chi connectivity index (χ3v) is 4.47. The Morgan fingerprint density at radius 2 is 2.08 bits per heavy atom. The van der Waals surface area contributed by atoms with Gasteiger partial charge in [0.1, 0.15) is 5.40 Å².